The summed E-state index contributed by atoms with van der Waals surface area (Å²) in [7, 11) is 0. The number of hydrogen-bond donors (Lipinski definition) is 2. The Labute approximate surface area is 124 Å². The monoisotopic (exact) mass is 282 g/mol. The van der Waals surface area contributed by atoms with Crippen molar-refractivity contribution in [3.05, 3.63) is 59.7 Å². The molecule has 0 saturated carbocycles. The molecule has 1 heterocycles. The van der Waals surface area contributed by atoms with Crippen molar-refractivity contribution in [1.29, 1.82) is 0 Å². The molecule has 2 aromatic carbocycles. The third-order valence-electron chi connectivity index (χ3n) is 3.70. The van der Waals surface area contributed by atoms with Gasteiger partial charge in [0, 0.05) is 25.3 Å². The predicted molar refractivity (Wildman–Crippen MR) is 82.3 cm³/mol. The third kappa shape index (κ3) is 3.06. The first-order valence-electron chi connectivity index (χ1n) is 7.11. The molecule has 0 unspecified atom stereocenters. The van der Waals surface area contributed by atoms with E-state index < -0.39 is 0 Å². The van der Waals surface area contributed by atoms with E-state index >= 15 is 0 Å². The number of amides is 1. The molecule has 0 aromatic heterocycles. The summed E-state index contributed by atoms with van der Waals surface area (Å²) in [6.45, 7) is 2.25. The number of carbonyl (C=O) groups excluding carboxylic acids is 1. The minimum Gasteiger partial charge on any atom is -0.508 e. The first-order valence-corrected chi connectivity index (χ1v) is 7.11. The number of phenols is 1. The zero-order valence-corrected chi connectivity index (χ0v) is 11.7. The Morgan fingerprint density at radius 2 is 1.90 bits per heavy atom. The van der Waals surface area contributed by atoms with Crippen molar-refractivity contribution in [2.45, 2.75) is 13.0 Å². The van der Waals surface area contributed by atoms with E-state index in [1.807, 2.05) is 23.1 Å². The third-order valence-corrected chi connectivity index (χ3v) is 3.70. The largest absolute Gasteiger partial charge is 0.508 e. The molecule has 108 valence electrons. The van der Waals surface area contributed by atoms with E-state index in [0.717, 1.165) is 29.9 Å². The molecule has 0 spiro atoms. The topological polar surface area (TPSA) is 52.6 Å². The summed E-state index contributed by atoms with van der Waals surface area (Å²) in [5, 5.41) is 12.6. The van der Waals surface area contributed by atoms with Gasteiger partial charge in [0.05, 0.1) is 6.42 Å². The maximum absolute atomic E-state index is 12.6. The highest BCUT2D eigenvalue weighted by atomic mass is 16.3. The van der Waals surface area contributed by atoms with E-state index in [2.05, 4.69) is 11.4 Å². The van der Waals surface area contributed by atoms with Gasteiger partial charge in [-0.2, -0.15) is 0 Å². The summed E-state index contributed by atoms with van der Waals surface area (Å²) in [4.78, 5) is 14.5. The van der Waals surface area contributed by atoms with Gasteiger partial charge in [-0.3, -0.25) is 4.79 Å². The first-order chi connectivity index (χ1) is 10.2. The van der Waals surface area contributed by atoms with Gasteiger partial charge in [-0.1, -0.05) is 30.3 Å². The molecule has 0 atom stereocenters. The fourth-order valence-corrected chi connectivity index (χ4v) is 2.60. The lowest BCUT2D eigenvalue weighted by Crippen LogP contribution is -2.35. The molecule has 4 heteroatoms. The van der Waals surface area contributed by atoms with E-state index in [0.29, 0.717) is 13.0 Å². The van der Waals surface area contributed by atoms with Gasteiger partial charge in [-0.15, -0.1) is 0 Å². The molecule has 1 amide bonds. The quantitative estimate of drug-likeness (QED) is 0.886. The average molecular weight is 282 g/mol. The summed E-state index contributed by atoms with van der Waals surface area (Å²) in [6.07, 6.45) is 0.342. The second-order valence-electron chi connectivity index (χ2n) is 5.19. The lowest BCUT2D eigenvalue weighted by Gasteiger charge is -2.22. The van der Waals surface area contributed by atoms with Crippen LogP contribution in [0.5, 0.6) is 5.75 Å². The molecule has 0 radical (unpaired) electrons. The number of fused-ring (bicyclic) bond motifs is 1. The van der Waals surface area contributed by atoms with Crippen molar-refractivity contribution >= 4 is 11.6 Å². The molecule has 3 rings (SSSR count). The molecule has 2 aromatic rings. The van der Waals surface area contributed by atoms with Crippen molar-refractivity contribution in [2.75, 3.05) is 18.0 Å². The van der Waals surface area contributed by atoms with E-state index in [4.69, 9.17) is 0 Å². The van der Waals surface area contributed by atoms with Gasteiger partial charge < -0.3 is 15.3 Å². The van der Waals surface area contributed by atoms with Crippen molar-refractivity contribution in [3.63, 3.8) is 0 Å². The van der Waals surface area contributed by atoms with Crippen molar-refractivity contribution in [2.24, 2.45) is 0 Å². The van der Waals surface area contributed by atoms with Gasteiger partial charge in [0.25, 0.3) is 0 Å². The van der Waals surface area contributed by atoms with Crippen LogP contribution < -0.4 is 10.2 Å². The summed E-state index contributed by atoms with van der Waals surface area (Å²) in [6, 6.07) is 14.8. The molecule has 0 fully saturated rings. The maximum Gasteiger partial charge on any atom is 0.231 e. The van der Waals surface area contributed by atoms with Crippen LogP contribution in [0.3, 0.4) is 0 Å². The summed E-state index contributed by atoms with van der Waals surface area (Å²) in [5.41, 5.74) is 3.05. The SMILES string of the molecule is O=C(Cc1ccc(O)cc1)N1CCNCc2ccccc21. The van der Waals surface area contributed by atoms with Crippen LogP contribution in [0.1, 0.15) is 11.1 Å². The van der Waals surface area contributed by atoms with Crippen LogP contribution >= 0.6 is 0 Å². The molecule has 4 nitrogen and oxygen atoms in total. The Bertz CT molecular complexity index is 637. The Kier molecular flexibility index (Phi) is 3.88. The zero-order chi connectivity index (χ0) is 14.7. The molecule has 1 aliphatic rings. The first kappa shape index (κ1) is 13.6. The Balaban J connectivity index is 1.82. The number of nitrogens with one attached hydrogen (secondary N) is 1. The van der Waals surface area contributed by atoms with Gasteiger partial charge in [-0.25, -0.2) is 0 Å². The fraction of sp³-hybridized carbons (Fsp3) is 0.235. The van der Waals surface area contributed by atoms with Gasteiger partial charge >= 0.3 is 0 Å². The second-order valence-corrected chi connectivity index (χ2v) is 5.19. The smallest absolute Gasteiger partial charge is 0.231 e. The van der Waals surface area contributed by atoms with Gasteiger partial charge in [-0.05, 0) is 29.3 Å². The van der Waals surface area contributed by atoms with E-state index in [1.54, 1.807) is 24.3 Å². The maximum atomic E-state index is 12.6. The van der Waals surface area contributed by atoms with E-state index in [1.165, 1.54) is 0 Å². The lowest BCUT2D eigenvalue weighted by molar-refractivity contribution is -0.118. The number of benzene rings is 2. The van der Waals surface area contributed by atoms with Crippen LogP contribution in [0.2, 0.25) is 0 Å². The van der Waals surface area contributed by atoms with Crippen LogP contribution in [0.25, 0.3) is 0 Å². The Hall–Kier alpha value is -2.33. The average Bonchev–Trinajstić information content (AvgIpc) is 2.72. The molecule has 0 bridgehead atoms. The van der Waals surface area contributed by atoms with Gasteiger partial charge in [0.1, 0.15) is 5.75 Å². The number of carbonyl (C=O) groups is 1. The molecular weight excluding hydrogens is 264 g/mol. The van der Waals surface area contributed by atoms with Crippen LogP contribution in [-0.2, 0) is 17.8 Å². The molecule has 21 heavy (non-hydrogen) atoms. The summed E-state index contributed by atoms with van der Waals surface area (Å²) >= 11 is 0. The van der Waals surface area contributed by atoms with Crippen molar-refractivity contribution < 1.29 is 9.90 Å². The normalized spacial score (nSPS) is 14.4. The molecular formula is C17H18N2O2. The van der Waals surface area contributed by atoms with Crippen molar-refractivity contribution in [3.8, 4) is 5.75 Å². The zero-order valence-electron chi connectivity index (χ0n) is 11.7. The summed E-state index contributed by atoms with van der Waals surface area (Å²) in [5.74, 6) is 0.298. The van der Waals surface area contributed by atoms with E-state index in [9.17, 15) is 9.90 Å². The molecule has 1 aliphatic heterocycles. The second kappa shape index (κ2) is 5.97. The van der Waals surface area contributed by atoms with Crippen molar-refractivity contribution in [1.82, 2.24) is 5.32 Å². The number of rotatable bonds is 2. The number of para-hydroxylation sites is 1. The van der Waals surface area contributed by atoms with Crippen LogP contribution in [0, 0.1) is 0 Å². The number of hydrogen-bond acceptors (Lipinski definition) is 3. The molecule has 0 saturated heterocycles. The number of anilines is 1. The van der Waals surface area contributed by atoms with Crippen LogP contribution in [0.4, 0.5) is 5.69 Å². The standard InChI is InChI=1S/C17H18N2O2/c20-15-7-5-13(6-8-15)11-17(21)19-10-9-18-12-14-3-1-2-4-16(14)19/h1-8,18,20H,9-12H2. The molecule has 0 aliphatic carbocycles. The number of nitrogens with zero attached hydrogens (tertiary/aromatic N) is 1. The van der Waals surface area contributed by atoms with Gasteiger partial charge in [0.2, 0.25) is 5.91 Å². The minimum atomic E-state index is 0.0804. The summed E-state index contributed by atoms with van der Waals surface area (Å²) < 4.78 is 0. The Morgan fingerprint density at radius 3 is 2.71 bits per heavy atom. The van der Waals surface area contributed by atoms with Crippen LogP contribution in [0.15, 0.2) is 48.5 Å². The minimum absolute atomic E-state index is 0.0804. The predicted octanol–water partition coefficient (Wildman–Crippen LogP) is 2.07. The highest BCUT2D eigenvalue weighted by Gasteiger charge is 2.20. The highest BCUT2D eigenvalue weighted by molar-refractivity contribution is 5.95. The number of aromatic hydroxyl groups is 1. The number of phenolic OH excluding ortho intramolecular Hbond substituents is 1. The van der Waals surface area contributed by atoms with Crippen LogP contribution in [-0.4, -0.2) is 24.1 Å². The lowest BCUT2D eigenvalue weighted by atomic mass is 10.1. The Morgan fingerprint density at radius 1 is 1.14 bits per heavy atom. The highest BCUT2D eigenvalue weighted by Crippen LogP contribution is 2.23. The van der Waals surface area contributed by atoms with Gasteiger partial charge in [0.15, 0.2) is 0 Å². The van der Waals surface area contributed by atoms with E-state index in [-0.39, 0.29) is 11.7 Å². The fourth-order valence-electron chi connectivity index (χ4n) is 2.60. The molecule has 2 N–H and O–H groups in total.